The van der Waals surface area contributed by atoms with Crippen molar-refractivity contribution in [2.24, 2.45) is 0 Å². The Kier molecular flexibility index (Phi) is 14.9. The first-order chi connectivity index (χ1) is 10.6. The van der Waals surface area contributed by atoms with Crippen LogP contribution in [0.4, 0.5) is 0 Å². The smallest absolute Gasteiger partial charge is 0.550 e. The zero-order valence-electron chi connectivity index (χ0n) is 12.8. The molecule has 11 nitrogen and oxygen atoms in total. The second kappa shape index (κ2) is 13.3. The summed E-state index contributed by atoms with van der Waals surface area (Å²) in [6.45, 7) is 0. The van der Waals surface area contributed by atoms with Crippen molar-refractivity contribution >= 4 is 30.0 Å². The summed E-state index contributed by atoms with van der Waals surface area (Å²) in [6, 6.07) is 0. The van der Waals surface area contributed by atoms with E-state index in [2.05, 4.69) is 9.97 Å². The van der Waals surface area contributed by atoms with E-state index in [-0.39, 0.29) is 39.0 Å². The monoisotopic (exact) mass is 454 g/mol. The largest absolute Gasteiger partial charge is 2.00 e. The quantitative estimate of drug-likeness (QED) is 0.292. The minimum atomic E-state index is -2.97. The van der Waals surface area contributed by atoms with Crippen LogP contribution in [0, 0.1) is 0 Å². The molecule has 0 fully saturated rings. The fraction of sp³-hybridized carbons (Fsp3) is 0.250. The van der Waals surface area contributed by atoms with E-state index >= 15 is 0 Å². The summed E-state index contributed by atoms with van der Waals surface area (Å²) >= 11 is 0. The molecule has 0 aliphatic rings. The maximum absolute atomic E-state index is 10.1. The molecule has 1 rings (SSSR count). The third kappa shape index (κ3) is 13.1. The summed E-state index contributed by atoms with van der Waals surface area (Å²) in [5.74, 6) is -7.20. The van der Waals surface area contributed by atoms with Gasteiger partial charge in [0.2, 0.25) is 0 Å². The summed E-state index contributed by atoms with van der Waals surface area (Å²) in [6.07, 6.45) is 2.58. The van der Waals surface area contributed by atoms with Gasteiger partial charge in [-0.3, -0.25) is 0 Å². The molecule has 13 heteroatoms. The van der Waals surface area contributed by atoms with Crippen molar-refractivity contribution in [3.05, 3.63) is 24.3 Å². The van der Waals surface area contributed by atoms with Gasteiger partial charge in [-0.1, -0.05) is 0 Å². The Morgan fingerprint density at radius 1 is 1.08 bits per heavy atom. The molecule has 0 atom stereocenters. The zero-order chi connectivity index (χ0) is 18.0. The summed E-state index contributed by atoms with van der Waals surface area (Å²) < 4.78 is 0. The molecular weight excluding hydrogens is 447 g/mol. The van der Waals surface area contributed by atoms with E-state index in [1.807, 2.05) is 0 Å². The molecule has 126 valence electrons. The van der Waals surface area contributed by atoms with Gasteiger partial charge in [-0.2, -0.15) is 0 Å². The van der Waals surface area contributed by atoms with E-state index < -0.39 is 42.3 Å². The first-order valence-corrected chi connectivity index (χ1v) is 5.78. The fourth-order valence-corrected chi connectivity index (χ4v) is 1.20. The van der Waals surface area contributed by atoms with E-state index in [0.29, 0.717) is 5.69 Å². The number of hydrogen-bond acceptors (Lipinski definition) is 10. The number of aromatic nitrogens is 2. The van der Waals surface area contributed by atoms with Gasteiger partial charge in [-0.05, 0) is 12.2 Å². The van der Waals surface area contributed by atoms with Crippen LogP contribution < -0.4 is 20.4 Å². The molecule has 0 aromatic carbocycles. The van der Waals surface area contributed by atoms with Crippen molar-refractivity contribution in [3.63, 3.8) is 0 Å². The van der Waals surface area contributed by atoms with Crippen molar-refractivity contribution < 1.29 is 83.7 Å². The van der Waals surface area contributed by atoms with Gasteiger partial charge in [-0.15, -0.1) is 0 Å². The van der Waals surface area contributed by atoms with Crippen LogP contribution in [-0.2, 0) is 58.1 Å². The summed E-state index contributed by atoms with van der Waals surface area (Å²) in [5.41, 5.74) is -2.33. The van der Waals surface area contributed by atoms with Gasteiger partial charge in [0.05, 0.1) is 30.2 Å². The van der Waals surface area contributed by atoms with Gasteiger partial charge in [0.1, 0.15) is 5.60 Å². The number of imidazole rings is 1. The van der Waals surface area contributed by atoms with Crippen molar-refractivity contribution in [2.45, 2.75) is 18.4 Å². The zero-order valence-corrected chi connectivity index (χ0v) is 18.7. The number of H-pyrrole nitrogens is 1. The molecule has 1 heterocycles. The Labute approximate surface area is 166 Å². The van der Waals surface area contributed by atoms with Gasteiger partial charge in [-0.25, -0.2) is 4.98 Å². The number of aromatic amines is 1. The minimum absolute atomic E-state index is 0. The Bertz CT molecular complexity index is 586. The van der Waals surface area contributed by atoms with E-state index in [4.69, 9.17) is 5.11 Å². The third-order valence-electron chi connectivity index (χ3n) is 2.17. The van der Waals surface area contributed by atoms with Gasteiger partial charge in [0.15, 0.2) is 0 Å². The summed E-state index contributed by atoms with van der Waals surface area (Å²) in [4.78, 5) is 46.2. The topological polar surface area (TPSA) is 209 Å². The molecule has 0 aliphatic carbocycles. The molecule has 0 saturated carbocycles. The number of carbonyl (C=O) groups excluding carboxylic acids is 4. The number of carboxylic acids is 4. The van der Waals surface area contributed by atoms with Crippen LogP contribution in [0.25, 0.3) is 6.08 Å². The van der Waals surface area contributed by atoms with Crippen LogP contribution in [0.15, 0.2) is 18.6 Å². The average Bonchev–Trinajstić information content (AvgIpc) is 2.87. The SMILES string of the molecule is O=C([O-])C=Cc1cnc[nH]1.O=C([O-])CC(O)(CC(=O)[O-])C(=O)[O-].[Zn+2].[Zn+2]. The number of nitrogens with zero attached hydrogens (tertiary/aromatic N) is 1. The molecule has 0 radical (unpaired) electrons. The van der Waals surface area contributed by atoms with Crippen LogP contribution in [0.5, 0.6) is 0 Å². The van der Waals surface area contributed by atoms with Crippen molar-refractivity contribution in [1.29, 1.82) is 0 Å². The van der Waals surface area contributed by atoms with Crippen LogP contribution >= 0.6 is 0 Å². The molecule has 25 heavy (non-hydrogen) atoms. The van der Waals surface area contributed by atoms with Crippen molar-refractivity contribution in [3.8, 4) is 0 Å². The molecule has 0 bridgehead atoms. The van der Waals surface area contributed by atoms with Gasteiger partial charge < -0.3 is 49.7 Å². The molecular formula is C12H10N2O9Zn2. The summed E-state index contributed by atoms with van der Waals surface area (Å²) in [5, 5.41) is 48.8. The van der Waals surface area contributed by atoms with E-state index in [1.165, 1.54) is 18.6 Å². The molecule has 1 aromatic heterocycles. The van der Waals surface area contributed by atoms with Crippen LogP contribution in [0.1, 0.15) is 18.5 Å². The molecule has 0 aliphatic heterocycles. The number of aliphatic hydroxyl groups is 1. The molecule has 0 amide bonds. The molecule has 0 saturated heterocycles. The van der Waals surface area contributed by atoms with E-state index in [1.54, 1.807) is 0 Å². The number of aliphatic carboxylic acids is 4. The number of carbonyl (C=O) groups is 4. The molecule has 2 N–H and O–H groups in total. The second-order valence-electron chi connectivity index (χ2n) is 4.08. The second-order valence-corrected chi connectivity index (χ2v) is 4.08. The number of nitrogens with one attached hydrogen (secondary N) is 1. The number of hydrogen-bond donors (Lipinski definition) is 2. The predicted octanol–water partition coefficient (Wildman–Crippen LogP) is -6.08. The van der Waals surface area contributed by atoms with Gasteiger partial charge >= 0.3 is 39.0 Å². The Hall–Kier alpha value is -1.96. The third-order valence-corrected chi connectivity index (χ3v) is 2.17. The molecule has 0 unspecified atom stereocenters. The van der Waals surface area contributed by atoms with Gasteiger partial charge in [0.25, 0.3) is 0 Å². The summed E-state index contributed by atoms with van der Waals surface area (Å²) in [7, 11) is 0. The predicted molar refractivity (Wildman–Crippen MR) is 61.8 cm³/mol. The normalized spacial score (nSPS) is 9.80. The molecule has 0 spiro atoms. The van der Waals surface area contributed by atoms with Gasteiger partial charge in [0, 0.05) is 24.8 Å². The van der Waals surface area contributed by atoms with Crippen LogP contribution in [-0.4, -0.2) is 44.6 Å². The van der Waals surface area contributed by atoms with Crippen LogP contribution in [0.2, 0.25) is 0 Å². The van der Waals surface area contributed by atoms with Crippen molar-refractivity contribution in [2.75, 3.05) is 0 Å². The average molecular weight is 457 g/mol. The standard InChI is InChI=1S/C6H6N2O2.C6H8O7.2Zn/c9-6(10)2-1-5-3-7-4-8-5;7-3(8)1-6(13,5(11)12)2-4(9)10;;/h1-4H,(H,7,8)(H,9,10);13H,1-2H2,(H,7,8)(H,9,10)(H,11,12);;/q;;2*+2/p-4. The first-order valence-electron chi connectivity index (χ1n) is 5.78. The molecule has 1 aromatic rings. The maximum Gasteiger partial charge on any atom is 2.00 e. The minimum Gasteiger partial charge on any atom is -0.550 e. The Morgan fingerprint density at radius 2 is 1.56 bits per heavy atom. The Morgan fingerprint density at radius 3 is 1.84 bits per heavy atom. The first kappa shape index (κ1) is 27.9. The number of carboxylic acid groups (broad SMARTS) is 4. The fourth-order valence-electron chi connectivity index (χ4n) is 1.20. The van der Waals surface area contributed by atoms with E-state index in [0.717, 1.165) is 6.08 Å². The Balaban J connectivity index is -0.000000367. The van der Waals surface area contributed by atoms with Crippen LogP contribution in [0.3, 0.4) is 0 Å². The van der Waals surface area contributed by atoms with E-state index in [9.17, 15) is 39.6 Å². The number of rotatable bonds is 7. The van der Waals surface area contributed by atoms with Crippen molar-refractivity contribution in [1.82, 2.24) is 9.97 Å². The maximum atomic E-state index is 10.1.